The van der Waals surface area contributed by atoms with Crippen molar-refractivity contribution in [2.24, 2.45) is 0 Å². The van der Waals surface area contributed by atoms with Gasteiger partial charge >= 0.3 is 0 Å². The van der Waals surface area contributed by atoms with Gasteiger partial charge in [-0.25, -0.2) is 0 Å². The first-order valence-corrected chi connectivity index (χ1v) is 11.1. The van der Waals surface area contributed by atoms with E-state index >= 15 is 0 Å². The third kappa shape index (κ3) is 4.20. The fourth-order valence-electron chi connectivity index (χ4n) is 3.57. The lowest BCUT2D eigenvalue weighted by molar-refractivity contribution is 0.589. The molecule has 28 heavy (non-hydrogen) atoms. The van der Waals surface area contributed by atoms with Crippen LogP contribution in [0.3, 0.4) is 0 Å². The van der Waals surface area contributed by atoms with Crippen LogP contribution in [0, 0.1) is 0 Å². The van der Waals surface area contributed by atoms with Crippen LogP contribution in [-0.2, 0) is 14.3 Å². The fraction of sp³-hybridized carbons (Fsp3) is 0.333. The molecule has 0 unspecified atom stereocenters. The largest absolute Gasteiger partial charge is 0.0968 e. The van der Waals surface area contributed by atoms with Gasteiger partial charge in [0.15, 0.2) is 0 Å². The third-order valence-electron chi connectivity index (χ3n) is 5.47. The summed E-state index contributed by atoms with van der Waals surface area (Å²) in [6.07, 6.45) is 0. The molecule has 0 atom stereocenters. The zero-order chi connectivity index (χ0) is 20.6. The van der Waals surface area contributed by atoms with E-state index in [0.717, 1.165) is 0 Å². The minimum absolute atomic E-state index is 0.160. The lowest BCUT2D eigenvalue weighted by Crippen LogP contribution is -2.22. The minimum atomic E-state index is -0.216. The highest BCUT2D eigenvalue weighted by molar-refractivity contribution is 14.1. The highest BCUT2D eigenvalue weighted by Crippen LogP contribution is 2.46. The Morgan fingerprint density at radius 1 is 0.429 bits per heavy atom. The van der Waals surface area contributed by atoms with Gasteiger partial charge in [0.2, 0.25) is 0 Å². The van der Waals surface area contributed by atoms with Crippen molar-refractivity contribution in [1.29, 1.82) is 0 Å². The molecule has 3 aromatic rings. The fourth-order valence-corrected chi connectivity index (χ4v) is 4.65. The van der Waals surface area contributed by atoms with E-state index in [9.17, 15) is 0 Å². The van der Waals surface area contributed by atoms with Gasteiger partial charge in [-0.3, -0.25) is 0 Å². The normalized spacial score (nSPS) is 12.8. The summed E-state index contributed by atoms with van der Waals surface area (Å²) < 4.78 is -0.216. The van der Waals surface area contributed by atoms with E-state index in [-0.39, 0.29) is 14.3 Å². The molecule has 3 aromatic carbocycles. The van der Waals surface area contributed by atoms with Crippen LogP contribution >= 0.6 is 22.6 Å². The Hall–Kier alpha value is -1.61. The van der Waals surface area contributed by atoms with Crippen molar-refractivity contribution in [2.45, 2.75) is 55.8 Å². The standard InChI is InChI=1S/C27H31I/c1-25(2,3)20-12-16-23(17-13-20)27(28,22-10-8-7-9-11-22)24-18-14-21(15-19-24)26(4,5)6/h7-19H,1-6H3. The van der Waals surface area contributed by atoms with Crippen LogP contribution in [0.2, 0.25) is 0 Å². The predicted octanol–water partition coefficient (Wildman–Crippen LogP) is 8.01. The summed E-state index contributed by atoms with van der Waals surface area (Å²) in [5.41, 5.74) is 6.99. The minimum Gasteiger partial charge on any atom is -0.0631 e. The first kappa shape index (κ1) is 21.1. The Morgan fingerprint density at radius 2 is 0.714 bits per heavy atom. The molecule has 0 saturated carbocycles. The number of rotatable bonds is 3. The van der Waals surface area contributed by atoms with Gasteiger partial charge in [0.25, 0.3) is 0 Å². The second-order valence-electron chi connectivity index (χ2n) is 9.68. The molecule has 0 amide bonds. The number of halogens is 1. The second kappa shape index (κ2) is 7.67. The summed E-state index contributed by atoms with van der Waals surface area (Å²) in [5, 5.41) is 0. The molecule has 1 heteroatoms. The van der Waals surface area contributed by atoms with Crippen LogP contribution in [0.1, 0.15) is 69.4 Å². The topological polar surface area (TPSA) is 0 Å². The summed E-state index contributed by atoms with van der Waals surface area (Å²) >= 11 is 2.64. The Morgan fingerprint density at radius 3 is 1.04 bits per heavy atom. The molecule has 0 aliphatic rings. The Bertz CT molecular complexity index is 848. The van der Waals surface area contributed by atoms with Crippen LogP contribution in [0.15, 0.2) is 78.9 Å². The molecule has 0 aliphatic heterocycles. The number of hydrogen-bond donors (Lipinski definition) is 0. The zero-order valence-corrected chi connectivity index (χ0v) is 20.0. The lowest BCUT2D eigenvalue weighted by Gasteiger charge is -2.31. The smallest absolute Gasteiger partial charge is 0.0631 e. The van der Waals surface area contributed by atoms with Crippen LogP contribution < -0.4 is 0 Å². The van der Waals surface area contributed by atoms with E-state index in [0.29, 0.717) is 0 Å². The summed E-state index contributed by atoms with van der Waals surface area (Å²) in [5.74, 6) is 0. The van der Waals surface area contributed by atoms with E-state index < -0.39 is 0 Å². The highest BCUT2D eigenvalue weighted by atomic mass is 127. The average Bonchev–Trinajstić information content (AvgIpc) is 2.67. The summed E-state index contributed by atoms with van der Waals surface area (Å²) in [4.78, 5) is 0. The van der Waals surface area contributed by atoms with Gasteiger partial charge in [0.05, 0.1) is 3.42 Å². The molecule has 0 nitrogen and oxygen atoms in total. The van der Waals surface area contributed by atoms with E-state index in [1.54, 1.807) is 0 Å². The molecular formula is C27H31I. The van der Waals surface area contributed by atoms with Crippen molar-refractivity contribution >= 4 is 22.6 Å². The van der Waals surface area contributed by atoms with Gasteiger partial charge in [-0.15, -0.1) is 0 Å². The van der Waals surface area contributed by atoms with E-state index in [1.165, 1.54) is 27.8 Å². The van der Waals surface area contributed by atoms with Crippen molar-refractivity contribution in [1.82, 2.24) is 0 Å². The number of alkyl halides is 1. The Kier molecular flexibility index (Phi) is 5.78. The lowest BCUT2D eigenvalue weighted by atomic mass is 9.80. The van der Waals surface area contributed by atoms with Crippen molar-refractivity contribution in [3.05, 3.63) is 107 Å². The molecule has 0 N–H and O–H groups in total. The molecule has 0 saturated heterocycles. The summed E-state index contributed by atoms with van der Waals surface area (Å²) in [6, 6.07) is 29.2. The average molecular weight is 482 g/mol. The van der Waals surface area contributed by atoms with Crippen LogP contribution in [0.25, 0.3) is 0 Å². The number of benzene rings is 3. The van der Waals surface area contributed by atoms with Crippen LogP contribution in [0.5, 0.6) is 0 Å². The van der Waals surface area contributed by atoms with Crippen molar-refractivity contribution in [3.63, 3.8) is 0 Å². The third-order valence-corrected chi connectivity index (χ3v) is 7.34. The van der Waals surface area contributed by atoms with Crippen LogP contribution in [0.4, 0.5) is 0 Å². The molecule has 0 fully saturated rings. The molecule has 0 heterocycles. The van der Waals surface area contributed by atoms with Crippen molar-refractivity contribution < 1.29 is 0 Å². The van der Waals surface area contributed by atoms with E-state index in [2.05, 4.69) is 143 Å². The molecule has 0 aliphatic carbocycles. The van der Waals surface area contributed by atoms with Gasteiger partial charge in [0, 0.05) is 0 Å². The Balaban J connectivity index is 2.14. The first-order valence-electron chi connectivity index (χ1n) is 9.99. The predicted molar refractivity (Wildman–Crippen MR) is 131 cm³/mol. The van der Waals surface area contributed by atoms with Crippen LogP contribution in [-0.4, -0.2) is 0 Å². The SMILES string of the molecule is CC(C)(C)c1ccc(C(I)(c2ccccc2)c2ccc(C(C)(C)C)cc2)cc1. The monoisotopic (exact) mass is 482 g/mol. The molecule has 0 radical (unpaired) electrons. The van der Waals surface area contributed by atoms with Gasteiger partial charge < -0.3 is 0 Å². The molecule has 0 bridgehead atoms. The number of hydrogen-bond acceptors (Lipinski definition) is 0. The maximum Gasteiger partial charge on any atom is 0.0968 e. The maximum absolute atomic E-state index is 2.64. The van der Waals surface area contributed by atoms with E-state index in [4.69, 9.17) is 0 Å². The zero-order valence-electron chi connectivity index (χ0n) is 17.9. The molecule has 0 aromatic heterocycles. The Labute approximate surface area is 184 Å². The van der Waals surface area contributed by atoms with E-state index in [1.807, 2.05) is 0 Å². The van der Waals surface area contributed by atoms with Crippen molar-refractivity contribution in [3.8, 4) is 0 Å². The van der Waals surface area contributed by atoms with Gasteiger partial charge in [-0.2, -0.15) is 0 Å². The second-order valence-corrected chi connectivity index (χ2v) is 11.3. The van der Waals surface area contributed by atoms with Gasteiger partial charge in [0.1, 0.15) is 0 Å². The van der Waals surface area contributed by atoms with Gasteiger partial charge in [-0.05, 0) is 38.6 Å². The van der Waals surface area contributed by atoms with Crippen molar-refractivity contribution in [2.75, 3.05) is 0 Å². The summed E-state index contributed by atoms with van der Waals surface area (Å²) in [7, 11) is 0. The first-order chi connectivity index (χ1) is 13.0. The molecule has 3 rings (SSSR count). The summed E-state index contributed by atoms with van der Waals surface area (Å²) in [6.45, 7) is 13.6. The van der Waals surface area contributed by atoms with Gasteiger partial charge in [-0.1, -0.05) is 143 Å². The highest BCUT2D eigenvalue weighted by Gasteiger charge is 2.33. The maximum atomic E-state index is 2.64. The molecule has 146 valence electrons. The molecule has 0 spiro atoms. The quantitative estimate of drug-likeness (QED) is 0.202. The molecular weight excluding hydrogens is 451 g/mol.